The van der Waals surface area contributed by atoms with Crippen molar-refractivity contribution in [2.45, 2.75) is 32.7 Å². The van der Waals surface area contributed by atoms with E-state index in [1.165, 1.54) is 0 Å². The van der Waals surface area contributed by atoms with Crippen LogP contribution >= 0.6 is 0 Å². The minimum Gasteiger partial charge on any atom is -0.370 e. The number of carbonyl (C=O) groups excluding carboxylic acids is 2. The summed E-state index contributed by atoms with van der Waals surface area (Å²) in [7, 11) is 0. The molecule has 0 saturated heterocycles. The van der Waals surface area contributed by atoms with Crippen LogP contribution in [-0.4, -0.2) is 30.4 Å². The number of aryl methyl sites for hydroxylation is 2. The fourth-order valence-electron chi connectivity index (χ4n) is 1.91. The predicted octanol–water partition coefficient (Wildman–Crippen LogP) is -0.0593. The number of amides is 2. The summed E-state index contributed by atoms with van der Waals surface area (Å²) in [6.45, 7) is 4.27. The Labute approximate surface area is 130 Å². The predicted molar refractivity (Wildman–Crippen MR) is 86.3 cm³/mol. The smallest absolute Gasteiger partial charge is 0.251 e. The van der Waals surface area contributed by atoms with Gasteiger partial charge >= 0.3 is 0 Å². The molecule has 0 saturated carbocycles. The number of benzene rings is 1. The van der Waals surface area contributed by atoms with Gasteiger partial charge in [-0.25, -0.2) is 0 Å². The fourth-order valence-corrected chi connectivity index (χ4v) is 1.91. The minimum absolute atomic E-state index is 0.00482. The van der Waals surface area contributed by atoms with Gasteiger partial charge in [-0.2, -0.15) is 0 Å². The Balaban J connectivity index is 2.65. The second kappa shape index (κ2) is 8.02. The molecule has 7 N–H and O–H groups in total. The van der Waals surface area contributed by atoms with Crippen LogP contribution in [0, 0.1) is 13.8 Å². The maximum atomic E-state index is 12.2. The zero-order chi connectivity index (χ0) is 16.7. The number of aliphatic imine (C=N–C) groups is 1. The van der Waals surface area contributed by atoms with E-state index in [1.807, 2.05) is 19.9 Å². The van der Waals surface area contributed by atoms with Crippen LogP contribution in [-0.2, 0) is 4.79 Å². The molecule has 1 aromatic rings. The van der Waals surface area contributed by atoms with Crippen molar-refractivity contribution in [2.24, 2.45) is 22.2 Å². The van der Waals surface area contributed by atoms with Crippen LogP contribution in [0.15, 0.2) is 23.2 Å². The zero-order valence-electron chi connectivity index (χ0n) is 12.9. The van der Waals surface area contributed by atoms with Gasteiger partial charge in [0.15, 0.2) is 5.96 Å². The Hall–Kier alpha value is -2.57. The molecule has 0 radical (unpaired) electrons. The normalized spacial score (nSPS) is 11.5. The van der Waals surface area contributed by atoms with Gasteiger partial charge in [-0.3, -0.25) is 14.6 Å². The van der Waals surface area contributed by atoms with Crippen LogP contribution in [0.3, 0.4) is 0 Å². The molecular formula is C15H23N5O2. The van der Waals surface area contributed by atoms with E-state index < -0.39 is 11.9 Å². The number of nitrogens with two attached hydrogens (primary N) is 3. The molecular weight excluding hydrogens is 282 g/mol. The van der Waals surface area contributed by atoms with Crippen molar-refractivity contribution in [3.05, 3.63) is 34.9 Å². The SMILES string of the molecule is Cc1ccc(C(=O)NC(CCCN=C(N)N)C(N)=O)cc1C. The summed E-state index contributed by atoms with van der Waals surface area (Å²) in [5.41, 5.74) is 18.4. The first-order valence-electron chi connectivity index (χ1n) is 7.04. The highest BCUT2D eigenvalue weighted by atomic mass is 16.2. The van der Waals surface area contributed by atoms with Crippen LogP contribution < -0.4 is 22.5 Å². The van der Waals surface area contributed by atoms with Gasteiger partial charge in [0.25, 0.3) is 5.91 Å². The quantitative estimate of drug-likeness (QED) is 0.318. The van der Waals surface area contributed by atoms with Gasteiger partial charge in [0.05, 0.1) is 0 Å². The fraction of sp³-hybridized carbons (Fsp3) is 0.400. The molecule has 0 aliphatic rings. The van der Waals surface area contributed by atoms with E-state index in [1.54, 1.807) is 12.1 Å². The molecule has 0 aliphatic heterocycles. The summed E-state index contributed by atoms with van der Waals surface area (Å²) < 4.78 is 0. The lowest BCUT2D eigenvalue weighted by Gasteiger charge is -2.15. The molecule has 1 rings (SSSR count). The van der Waals surface area contributed by atoms with Crippen molar-refractivity contribution < 1.29 is 9.59 Å². The molecule has 0 aliphatic carbocycles. The van der Waals surface area contributed by atoms with Gasteiger partial charge in [-0.05, 0) is 49.9 Å². The molecule has 120 valence electrons. The van der Waals surface area contributed by atoms with E-state index in [4.69, 9.17) is 17.2 Å². The number of hydrogen-bond acceptors (Lipinski definition) is 3. The molecule has 1 atom stereocenters. The molecule has 1 unspecified atom stereocenters. The minimum atomic E-state index is -0.747. The number of guanidine groups is 1. The summed E-state index contributed by atoms with van der Waals surface area (Å²) in [5.74, 6) is -0.912. The van der Waals surface area contributed by atoms with E-state index in [9.17, 15) is 9.59 Å². The second-order valence-electron chi connectivity index (χ2n) is 5.18. The molecule has 0 spiro atoms. The van der Waals surface area contributed by atoms with E-state index in [2.05, 4.69) is 10.3 Å². The van der Waals surface area contributed by atoms with Crippen molar-refractivity contribution in [3.63, 3.8) is 0 Å². The van der Waals surface area contributed by atoms with E-state index in [0.717, 1.165) is 11.1 Å². The van der Waals surface area contributed by atoms with Crippen LogP contribution in [0.1, 0.15) is 34.3 Å². The highest BCUT2D eigenvalue weighted by Crippen LogP contribution is 2.10. The molecule has 0 fully saturated rings. The van der Waals surface area contributed by atoms with Gasteiger partial charge in [-0.15, -0.1) is 0 Å². The summed E-state index contributed by atoms with van der Waals surface area (Å²) >= 11 is 0. The van der Waals surface area contributed by atoms with Crippen molar-refractivity contribution in [3.8, 4) is 0 Å². The summed E-state index contributed by atoms with van der Waals surface area (Å²) in [6.07, 6.45) is 0.918. The monoisotopic (exact) mass is 305 g/mol. The number of rotatable bonds is 7. The molecule has 1 aromatic carbocycles. The number of hydrogen-bond donors (Lipinski definition) is 4. The first kappa shape index (κ1) is 17.5. The average molecular weight is 305 g/mol. The number of nitrogens with zero attached hydrogens (tertiary/aromatic N) is 1. The summed E-state index contributed by atoms with van der Waals surface area (Å²) in [4.78, 5) is 27.4. The lowest BCUT2D eigenvalue weighted by molar-refractivity contribution is -0.120. The zero-order valence-corrected chi connectivity index (χ0v) is 12.9. The molecule has 0 aromatic heterocycles. The van der Waals surface area contributed by atoms with E-state index in [0.29, 0.717) is 24.9 Å². The second-order valence-corrected chi connectivity index (χ2v) is 5.18. The molecule has 0 bridgehead atoms. The molecule has 7 nitrogen and oxygen atoms in total. The van der Waals surface area contributed by atoms with Crippen molar-refractivity contribution in [1.29, 1.82) is 0 Å². The maximum absolute atomic E-state index is 12.2. The van der Waals surface area contributed by atoms with Crippen LogP contribution in [0.5, 0.6) is 0 Å². The Morgan fingerprint density at radius 1 is 1.18 bits per heavy atom. The van der Waals surface area contributed by atoms with E-state index >= 15 is 0 Å². The Morgan fingerprint density at radius 2 is 1.86 bits per heavy atom. The molecule has 2 amide bonds. The molecule has 0 heterocycles. The van der Waals surface area contributed by atoms with E-state index in [-0.39, 0.29) is 11.9 Å². The van der Waals surface area contributed by atoms with Crippen LogP contribution in [0.2, 0.25) is 0 Å². The van der Waals surface area contributed by atoms with Crippen molar-refractivity contribution in [1.82, 2.24) is 5.32 Å². The van der Waals surface area contributed by atoms with Gasteiger partial charge < -0.3 is 22.5 Å². The topological polar surface area (TPSA) is 137 Å². The summed E-state index contributed by atoms with van der Waals surface area (Å²) in [6, 6.07) is 4.61. The standard InChI is InChI=1S/C15H23N5O2/c1-9-5-6-11(8-10(9)2)14(22)20-12(13(16)21)4-3-7-19-15(17)18/h5-6,8,12H,3-4,7H2,1-2H3,(H2,16,21)(H,20,22)(H4,17,18,19). The average Bonchev–Trinajstić information content (AvgIpc) is 2.44. The highest BCUT2D eigenvalue weighted by Gasteiger charge is 2.18. The lowest BCUT2D eigenvalue weighted by atomic mass is 10.0. The first-order chi connectivity index (χ1) is 10.3. The molecule has 22 heavy (non-hydrogen) atoms. The Kier molecular flexibility index (Phi) is 6.37. The number of primary amides is 1. The largest absolute Gasteiger partial charge is 0.370 e. The maximum Gasteiger partial charge on any atom is 0.251 e. The Morgan fingerprint density at radius 3 is 2.41 bits per heavy atom. The van der Waals surface area contributed by atoms with Crippen LogP contribution in [0.25, 0.3) is 0 Å². The van der Waals surface area contributed by atoms with Gasteiger partial charge in [-0.1, -0.05) is 6.07 Å². The molecule has 7 heteroatoms. The third-order valence-corrected chi connectivity index (χ3v) is 3.36. The van der Waals surface area contributed by atoms with Gasteiger partial charge in [0, 0.05) is 12.1 Å². The van der Waals surface area contributed by atoms with Crippen molar-refractivity contribution >= 4 is 17.8 Å². The van der Waals surface area contributed by atoms with Gasteiger partial charge in [0.1, 0.15) is 6.04 Å². The van der Waals surface area contributed by atoms with Gasteiger partial charge in [0.2, 0.25) is 5.91 Å². The third kappa shape index (κ3) is 5.43. The summed E-state index contributed by atoms with van der Waals surface area (Å²) in [5, 5.41) is 2.64. The van der Waals surface area contributed by atoms with Crippen molar-refractivity contribution in [2.75, 3.05) is 6.54 Å². The third-order valence-electron chi connectivity index (χ3n) is 3.36. The number of nitrogens with one attached hydrogen (secondary N) is 1. The number of carbonyl (C=O) groups is 2. The van der Waals surface area contributed by atoms with Crippen LogP contribution in [0.4, 0.5) is 0 Å². The first-order valence-corrected chi connectivity index (χ1v) is 7.04. The Bertz CT molecular complexity index is 579. The lowest BCUT2D eigenvalue weighted by Crippen LogP contribution is -2.44. The highest BCUT2D eigenvalue weighted by molar-refractivity contribution is 5.97.